The van der Waals surface area contributed by atoms with E-state index in [1.54, 1.807) is 11.1 Å². The lowest BCUT2D eigenvalue weighted by molar-refractivity contribution is -0.116. The number of halogens is 1. The van der Waals surface area contributed by atoms with Crippen molar-refractivity contribution in [2.45, 2.75) is 45.3 Å². The predicted octanol–water partition coefficient (Wildman–Crippen LogP) is 3.62. The van der Waals surface area contributed by atoms with Crippen LogP contribution in [-0.2, 0) is 4.74 Å². The first-order valence-corrected chi connectivity index (χ1v) is 8.30. The molecule has 1 aromatic heterocycles. The third-order valence-corrected chi connectivity index (χ3v) is 4.50. The molecule has 0 N–H and O–H groups in total. The van der Waals surface area contributed by atoms with Gasteiger partial charge in [-0.2, -0.15) is 0 Å². The number of hydrogen-bond acceptors (Lipinski definition) is 4. The molecule has 1 aliphatic carbocycles. The van der Waals surface area contributed by atoms with Gasteiger partial charge in [-0.3, -0.25) is 0 Å². The zero-order valence-corrected chi connectivity index (χ0v) is 14.7. The smallest absolute Gasteiger partial charge is 0.410 e. The Hall–Kier alpha value is -1.30. The average Bonchev–Trinajstić information content (AvgIpc) is 2.30. The van der Waals surface area contributed by atoms with E-state index in [1.165, 1.54) is 0 Å². The fourth-order valence-electron chi connectivity index (χ4n) is 3.09. The third kappa shape index (κ3) is 3.37. The second-order valence-electron chi connectivity index (χ2n) is 7.30. The number of nitrogens with zero attached hydrogens (tertiary/aromatic N) is 2. The Bertz CT molecular complexity index is 554. The zero-order chi connectivity index (χ0) is 16.0. The molecule has 1 saturated carbocycles. The van der Waals surface area contributed by atoms with Gasteiger partial charge in [0.25, 0.3) is 0 Å². The lowest BCUT2D eigenvalue weighted by Gasteiger charge is -2.58. The average molecular weight is 369 g/mol. The molecule has 5 nitrogen and oxygen atoms in total. The summed E-state index contributed by atoms with van der Waals surface area (Å²) in [6.45, 7) is 7.22. The number of rotatable bonds is 2. The van der Waals surface area contributed by atoms with Gasteiger partial charge in [-0.15, -0.1) is 0 Å². The summed E-state index contributed by atoms with van der Waals surface area (Å²) in [6, 6.07) is 3.78. The molecule has 1 saturated heterocycles. The van der Waals surface area contributed by atoms with E-state index in [4.69, 9.17) is 9.47 Å². The van der Waals surface area contributed by atoms with Crippen molar-refractivity contribution in [1.82, 2.24) is 9.88 Å². The highest BCUT2D eigenvalue weighted by atomic mass is 79.9. The van der Waals surface area contributed by atoms with E-state index < -0.39 is 5.60 Å². The Kier molecular flexibility index (Phi) is 3.83. The Morgan fingerprint density at radius 3 is 2.59 bits per heavy atom. The maximum absolute atomic E-state index is 11.9. The van der Waals surface area contributed by atoms with Gasteiger partial charge in [-0.1, -0.05) is 0 Å². The number of aromatic nitrogens is 1. The maximum Gasteiger partial charge on any atom is 0.410 e. The first kappa shape index (κ1) is 15.6. The molecule has 1 aromatic rings. The fourth-order valence-corrected chi connectivity index (χ4v) is 3.33. The van der Waals surface area contributed by atoms with Crippen molar-refractivity contribution in [1.29, 1.82) is 0 Å². The van der Waals surface area contributed by atoms with Crippen LogP contribution in [0.15, 0.2) is 22.9 Å². The zero-order valence-electron chi connectivity index (χ0n) is 13.1. The van der Waals surface area contributed by atoms with Crippen LogP contribution in [0.2, 0.25) is 0 Å². The summed E-state index contributed by atoms with van der Waals surface area (Å²) < 4.78 is 12.1. The van der Waals surface area contributed by atoms with Crippen LogP contribution in [0.1, 0.15) is 33.6 Å². The minimum absolute atomic E-state index is 0.209. The van der Waals surface area contributed by atoms with E-state index in [-0.39, 0.29) is 17.6 Å². The topological polar surface area (TPSA) is 51.7 Å². The number of carbonyl (C=O) groups excluding carboxylic acids is 1. The maximum atomic E-state index is 11.9. The van der Waals surface area contributed by atoms with Crippen molar-refractivity contribution in [3.05, 3.63) is 22.9 Å². The third-order valence-electron chi connectivity index (χ3n) is 4.03. The molecule has 120 valence electrons. The summed E-state index contributed by atoms with van der Waals surface area (Å²) >= 11 is 3.31. The standard InChI is InChI=1S/C16H21BrN2O3/c1-15(2,3)22-14(20)19-9-16(10-19)6-12(7-16)21-11-4-5-13(17)18-8-11/h4-5,8,12H,6-7,9-10H2,1-3H3. The van der Waals surface area contributed by atoms with Crippen molar-refractivity contribution in [3.63, 3.8) is 0 Å². The van der Waals surface area contributed by atoms with E-state index >= 15 is 0 Å². The Morgan fingerprint density at radius 1 is 1.36 bits per heavy atom. The van der Waals surface area contributed by atoms with Crippen molar-refractivity contribution >= 4 is 22.0 Å². The second kappa shape index (κ2) is 5.41. The van der Waals surface area contributed by atoms with Crippen molar-refractivity contribution < 1.29 is 14.3 Å². The van der Waals surface area contributed by atoms with Crippen molar-refractivity contribution in [3.8, 4) is 5.75 Å². The summed E-state index contributed by atoms with van der Waals surface area (Å²) in [5.74, 6) is 0.798. The van der Waals surface area contributed by atoms with Crippen molar-refractivity contribution in [2.75, 3.05) is 13.1 Å². The lowest BCUT2D eigenvalue weighted by atomic mass is 9.62. The highest BCUT2D eigenvalue weighted by Crippen LogP contribution is 2.49. The number of pyridine rings is 1. The molecule has 1 spiro atoms. The minimum Gasteiger partial charge on any atom is -0.489 e. The van der Waals surface area contributed by atoms with E-state index in [0.717, 1.165) is 36.3 Å². The summed E-state index contributed by atoms with van der Waals surface area (Å²) in [4.78, 5) is 17.9. The number of carbonyl (C=O) groups is 1. The van der Waals surface area contributed by atoms with E-state index in [0.29, 0.717) is 0 Å². The monoisotopic (exact) mass is 368 g/mol. The number of ether oxygens (including phenoxy) is 2. The van der Waals surface area contributed by atoms with Crippen LogP contribution in [0.5, 0.6) is 5.75 Å². The molecule has 0 aromatic carbocycles. The summed E-state index contributed by atoms with van der Waals surface area (Å²) in [5.41, 5.74) is -0.190. The number of hydrogen-bond donors (Lipinski definition) is 0. The molecule has 2 fully saturated rings. The summed E-state index contributed by atoms with van der Waals surface area (Å²) in [7, 11) is 0. The first-order valence-electron chi connectivity index (χ1n) is 7.51. The molecule has 22 heavy (non-hydrogen) atoms. The lowest BCUT2D eigenvalue weighted by Crippen LogP contribution is -2.66. The minimum atomic E-state index is -0.431. The van der Waals surface area contributed by atoms with E-state index in [1.807, 2.05) is 32.9 Å². The van der Waals surface area contributed by atoms with E-state index in [9.17, 15) is 4.79 Å². The molecular weight excluding hydrogens is 348 g/mol. The van der Waals surface area contributed by atoms with Crippen LogP contribution < -0.4 is 4.74 Å². The van der Waals surface area contributed by atoms with Crippen LogP contribution in [-0.4, -0.2) is 40.8 Å². The highest BCUT2D eigenvalue weighted by molar-refractivity contribution is 9.10. The largest absolute Gasteiger partial charge is 0.489 e. The quantitative estimate of drug-likeness (QED) is 0.748. The van der Waals surface area contributed by atoms with Gasteiger partial charge in [-0.25, -0.2) is 9.78 Å². The molecule has 2 aliphatic rings. The van der Waals surface area contributed by atoms with Gasteiger partial charge in [0.05, 0.1) is 6.20 Å². The van der Waals surface area contributed by atoms with Gasteiger partial charge in [0.15, 0.2) is 0 Å². The summed E-state index contributed by atoms with van der Waals surface area (Å²) in [5, 5.41) is 0. The van der Waals surface area contributed by atoms with Gasteiger partial charge in [0, 0.05) is 18.5 Å². The van der Waals surface area contributed by atoms with Gasteiger partial charge < -0.3 is 14.4 Å². The second-order valence-corrected chi connectivity index (χ2v) is 8.11. The molecule has 2 heterocycles. The Labute approximate surface area is 139 Å². The molecule has 1 aliphatic heterocycles. The fraction of sp³-hybridized carbons (Fsp3) is 0.625. The van der Waals surface area contributed by atoms with Crippen LogP contribution in [0, 0.1) is 5.41 Å². The summed E-state index contributed by atoms with van der Waals surface area (Å²) in [6.07, 6.45) is 3.72. The Balaban J connectivity index is 1.43. The first-order chi connectivity index (χ1) is 10.2. The molecule has 1 amide bonds. The van der Waals surface area contributed by atoms with Gasteiger partial charge >= 0.3 is 6.09 Å². The molecule has 3 rings (SSSR count). The molecule has 0 unspecified atom stereocenters. The van der Waals surface area contributed by atoms with Crippen LogP contribution in [0.3, 0.4) is 0 Å². The molecule has 6 heteroatoms. The molecule has 0 atom stereocenters. The van der Waals surface area contributed by atoms with Crippen LogP contribution >= 0.6 is 15.9 Å². The molecule has 0 radical (unpaired) electrons. The Morgan fingerprint density at radius 2 is 2.05 bits per heavy atom. The normalized spacial score (nSPS) is 20.3. The number of amides is 1. The van der Waals surface area contributed by atoms with Gasteiger partial charge in [-0.05, 0) is 61.7 Å². The van der Waals surface area contributed by atoms with Gasteiger partial charge in [0.1, 0.15) is 22.1 Å². The highest BCUT2D eigenvalue weighted by Gasteiger charge is 2.55. The van der Waals surface area contributed by atoms with Crippen LogP contribution in [0.4, 0.5) is 4.79 Å². The number of likely N-dealkylation sites (tertiary alicyclic amines) is 1. The van der Waals surface area contributed by atoms with Crippen LogP contribution in [0.25, 0.3) is 0 Å². The van der Waals surface area contributed by atoms with Crippen molar-refractivity contribution in [2.24, 2.45) is 5.41 Å². The molecular formula is C16H21BrN2O3. The van der Waals surface area contributed by atoms with E-state index in [2.05, 4.69) is 20.9 Å². The predicted molar refractivity (Wildman–Crippen MR) is 85.8 cm³/mol. The molecule has 0 bridgehead atoms. The van der Waals surface area contributed by atoms with Gasteiger partial charge in [0.2, 0.25) is 0 Å². The SMILES string of the molecule is CC(C)(C)OC(=O)N1CC2(CC(Oc3ccc(Br)nc3)C2)C1.